The zero-order chi connectivity index (χ0) is 33.5. The SMILES string of the molecule is c1ccc(-c2nc(-c3ccccc3)nc(-n3c4ccccc4c4c5c(ccc43)C3(c4ccccc4S5)c4ccccc4-c4ccccc43)n2)cc1. The van der Waals surface area contributed by atoms with Gasteiger partial charge in [-0.15, -0.1) is 0 Å². The van der Waals surface area contributed by atoms with E-state index < -0.39 is 5.41 Å². The van der Waals surface area contributed by atoms with Crippen LogP contribution in [0.15, 0.2) is 180 Å². The average Bonchev–Trinajstić information content (AvgIpc) is 3.70. The molecule has 4 nitrogen and oxygen atoms in total. The van der Waals surface area contributed by atoms with Crippen molar-refractivity contribution in [3.63, 3.8) is 0 Å². The summed E-state index contributed by atoms with van der Waals surface area (Å²) in [6.07, 6.45) is 0. The molecule has 2 aromatic heterocycles. The summed E-state index contributed by atoms with van der Waals surface area (Å²) in [5.41, 5.74) is 11.5. The van der Waals surface area contributed by atoms with Crippen LogP contribution in [-0.2, 0) is 5.41 Å². The summed E-state index contributed by atoms with van der Waals surface area (Å²) in [6, 6.07) is 60.6. The minimum absolute atomic E-state index is 0.449. The quantitative estimate of drug-likeness (QED) is 0.188. The molecule has 0 unspecified atom stereocenters. The number of para-hydroxylation sites is 1. The third kappa shape index (κ3) is 3.95. The third-order valence-electron chi connectivity index (χ3n) is 10.5. The second-order valence-electron chi connectivity index (χ2n) is 13.1. The van der Waals surface area contributed by atoms with E-state index >= 15 is 0 Å². The Balaban J connectivity index is 1.25. The van der Waals surface area contributed by atoms with Gasteiger partial charge < -0.3 is 0 Å². The minimum atomic E-state index is -0.449. The molecule has 5 heteroatoms. The first kappa shape index (κ1) is 28.5. The molecule has 0 fully saturated rings. The van der Waals surface area contributed by atoms with Gasteiger partial charge in [0.1, 0.15) is 0 Å². The first-order chi connectivity index (χ1) is 25.3. The van der Waals surface area contributed by atoms with Gasteiger partial charge in [-0.2, -0.15) is 9.97 Å². The van der Waals surface area contributed by atoms with Crippen LogP contribution in [0.5, 0.6) is 0 Å². The molecule has 3 heterocycles. The molecule has 1 spiro atoms. The van der Waals surface area contributed by atoms with Gasteiger partial charge in [-0.1, -0.05) is 163 Å². The highest BCUT2D eigenvalue weighted by Gasteiger charge is 2.50. The Morgan fingerprint density at radius 3 is 1.65 bits per heavy atom. The van der Waals surface area contributed by atoms with Gasteiger partial charge in [0.15, 0.2) is 11.6 Å². The van der Waals surface area contributed by atoms with Crippen LogP contribution in [0.25, 0.3) is 61.7 Å². The minimum Gasteiger partial charge on any atom is -0.278 e. The van der Waals surface area contributed by atoms with Crippen LogP contribution in [0.3, 0.4) is 0 Å². The summed E-state index contributed by atoms with van der Waals surface area (Å²) in [4.78, 5) is 17.9. The van der Waals surface area contributed by atoms with Crippen molar-refractivity contribution in [3.05, 3.63) is 192 Å². The molecule has 2 aliphatic rings. The number of fused-ring (bicyclic) bond motifs is 13. The van der Waals surface area contributed by atoms with Gasteiger partial charge >= 0.3 is 0 Å². The Morgan fingerprint density at radius 1 is 0.431 bits per heavy atom. The van der Waals surface area contributed by atoms with Gasteiger partial charge in [0.25, 0.3) is 0 Å². The molecule has 0 radical (unpaired) electrons. The molecule has 0 amide bonds. The maximum Gasteiger partial charge on any atom is 0.238 e. The van der Waals surface area contributed by atoms with Gasteiger partial charge in [-0.3, -0.25) is 4.57 Å². The predicted molar refractivity (Wildman–Crippen MR) is 206 cm³/mol. The van der Waals surface area contributed by atoms with Crippen LogP contribution in [0, 0.1) is 0 Å². The zero-order valence-corrected chi connectivity index (χ0v) is 28.2. The molecule has 0 N–H and O–H groups in total. The standard InChI is InChI=1S/C46H28N4S/c1-3-15-29(16-4-1)43-47-44(30-17-5-2-6-18-30)49-45(48-43)50-38-25-13-9-21-33(38)41-39(50)28-27-37-42(41)51-40-26-14-12-24-36(40)46(37)34-22-10-7-19-31(34)32-20-8-11-23-35(32)46/h1-28H. The van der Waals surface area contributed by atoms with Crippen LogP contribution in [0.1, 0.15) is 22.3 Å². The van der Waals surface area contributed by atoms with Crippen molar-refractivity contribution in [1.82, 2.24) is 19.5 Å². The van der Waals surface area contributed by atoms with Crippen LogP contribution in [0.4, 0.5) is 0 Å². The number of hydrogen-bond donors (Lipinski definition) is 0. The van der Waals surface area contributed by atoms with E-state index in [0.29, 0.717) is 17.6 Å². The Kier molecular flexibility index (Phi) is 6.07. The molecule has 11 rings (SSSR count). The van der Waals surface area contributed by atoms with Crippen LogP contribution in [0.2, 0.25) is 0 Å². The molecule has 0 atom stereocenters. The second-order valence-corrected chi connectivity index (χ2v) is 14.2. The fraction of sp³-hybridized carbons (Fsp3) is 0.0217. The van der Waals surface area contributed by atoms with Crippen molar-refractivity contribution < 1.29 is 0 Å². The normalized spacial score (nSPS) is 13.6. The summed E-state index contributed by atoms with van der Waals surface area (Å²) >= 11 is 1.88. The summed E-state index contributed by atoms with van der Waals surface area (Å²) < 4.78 is 2.23. The molecule has 0 saturated carbocycles. The van der Waals surface area contributed by atoms with Gasteiger partial charge in [0.2, 0.25) is 5.95 Å². The molecular weight excluding hydrogens is 641 g/mol. The number of nitrogens with zero attached hydrogens (tertiary/aromatic N) is 4. The highest BCUT2D eigenvalue weighted by atomic mass is 32.2. The zero-order valence-electron chi connectivity index (χ0n) is 27.4. The maximum absolute atomic E-state index is 5.18. The molecule has 1 aliphatic heterocycles. The largest absolute Gasteiger partial charge is 0.278 e. The fourth-order valence-corrected chi connectivity index (χ4v) is 9.82. The van der Waals surface area contributed by atoms with E-state index in [1.807, 2.05) is 48.2 Å². The van der Waals surface area contributed by atoms with Gasteiger partial charge in [-0.25, -0.2) is 4.98 Å². The van der Waals surface area contributed by atoms with Crippen LogP contribution >= 0.6 is 11.8 Å². The van der Waals surface area contributed by atoms with Crippen molar-refractivity contribution in [1.29, 1.82) is 0 Å². The average molecular weight is 669 g/mol. The molecular formula is C46H28N4S. The maximum atomic E-state index is 5.18. The Hall–Kier alpha value is -6.30. The van der Waals surface area contributed by atoms with Crippen molar-refractivity contribution in [2.24, 2.45) is 0 Å². The van der Waals surface area contributed by atoms with E-state index in [0.717, 1.165) is 22.2 Å². The van der Waals surface area contributed by atoms with E-state index in [1.165, 1.54) is 53.9 Å². The van der Waals surface area contributed by atoms with Crippen molar-refractivity contribution in [3.8, 4) is 39.9 Å². The summed E-state index contributed by atoms with van der Waals surface area (Å²) in [5.74, 6) is 1.89. The molecule has 0 bridgehead atoms. The summed E-state index contributed by atoms with van der Waals surface area (Å²) in [5, 5.41) is 2.39. The van der Waals surface area contributed by atoms with Crippen molar-refractivity contribution in [2.45, 2.75) is 15.2 Å². The van der Waals surface area contributed by atoms with E-state index in [2.05, 4.69) is 138 Å². The lowest BCUT2D eigenvalue weighted by molar-refractivity contribution is 0.726. The van der Waals surface area contributed by atoms with Gasteiger partial charge in [0, 0.05) is 31.7 Å². The van der Waals surface area contributed by atoms with Crippen LogP contribution in [-0.4, -0.2) is 19.5 Å². The number of aromatic nitrogens is 4. The first-order valence-electron chi connectivity index (χ1n) is 17.2. The van der Waals surface area contributed by atoms with Gasteiger partial charge in [0.05, 0.1) is 16.4 Å². The summed E-state index contributed by atoms with van der Waals surface area (Å²) in [7, 11) is 0. The lowest BCUT2D eigenvalue weighted by atomic mass is 9.67. The fourth-order valence-electron chi connectivity index (χ4n) is 8.48. The van der Waals surface area contributed by atoms with E-state index in [-0.39, 0.29) is 0 Å². The Bertz CT molecular complexity index is 2740. The smallest absolute Gasteiger partial charge is 0.238 e. The molecule has 51 heavy (non-hydrogen) atoms. The van der Waals surface area contributed by atoms with Gasteiger partial charge in [-0.05, 0) is 51.6 Å². The van der Waals surface area contributed by atoms with E-state index in [1.54, 1.807) is 0 Å². The Labute approximate surface area is 299 Å². The molecule has 238 valence electrons. The molecule has 0 saturated heterocycles. The molecule has 1 aliphatic carbocycles. The predicted octanol–water partition coefficient (Wildman–Crippen LogP) is 11.1. The first-order valence-corrected chi connectivity index (χ1v) is 18.0. The lowest BCUT2D eigenvalue weighted by Gasteiger charge is -2.40. The third-order valence-corrected chi connectivity index (χ3v) is 11.7. The van der Waals surface area contributed by atoms with Crippen LogP contribution < -0.4 is 0 Å². The monoisotopic (exact) mass is 668 g/mol. The topological polar surface area (TPSA) is 43.6 Å². The number of hydrogen-bond acceptors (Lipinski definition) is 4. The highest BCUT2D eigenvalue weighted by Crippen LogP contribution is 2.63. The van der Waals surface area contributed by atoms with Crippen molar-refractivity contribution >= 4 is 33.6 Å². The number of rotatable bonds is 3. The van der Waals surface area contributed by atoms with E-state index in [9.17, 15) is 0 Å². The Morgan fingerprint density at radius 2 is 0.980 bits per heavy atom. The highest BCUT2D eigenvalue weighted by molar-refractivity contribution is 7.99. The molecule has 7 aromatic carbocycles. The lowest BCUT2D eigenvalue weighted by Crippen LogP contribution is -2.32. The van der Waals surface area contributed by atoms with Crippen molar-refractivity contribution in [2.75, 3.05) is 0 Å². The molecule has 9 aromatic rings. The summed E-state index contributed by atoms with van der Waals surface area (Å²) in [6.45, 7) is 0. The second kappa shape index (κ2) is 10.8. The van der Waals surface area contributed by atoms with E-state index in [4.69, 9.17) is 15.0 Å². The number of benzene rings is 7.